The van der Waals surface area contributed by atoms with Crippen molar-refractivity contribution in [3.05, 3.63) is 70.3 Å². The number of hydrogen-bond acceptors (Lipinski definition) is 3. The largest absolute Gasteiger partial charge is 0.349 e. The van der Waals surface area contributed by atoms with E-state index in [1.807, 2.05) is 45.0 Å². The van der Waals surface area contributed by atoms with E-state index in [-0.39, 0.29) is 23.6 Å². The Labute approximate surface area is 180 Å². The number of carbonyl (C=O) groups excluding carboxylic acids is 1. The molecule has 0 radical (unpaired) electrons. The molecular weight excluding hydrogens is 396 g/mol. The first-order chi connectivity index (χ1) is 14.2. The third-order valence-corrected chi connectivity index (χ3v) is 7.80. The van der Waals surface area contributed by atoms with Crippen LogP contribution in [0.25, 0.3) is 0 Å². The number of nitrogens with zero attached hydrogens (tertiary/aromatic N) is 1. The van der Waals surface area contributed by atoms with Gasteiger partial charge in [-0.2, -0.15) is 0 Å². The number of piperidine rings is 1. The highest BCUT2D eigenvalue weighted by molar-refractivity contribution is 7.88. The molecule has 2 aromatic rings. The average Bonchev–Trinajstić information content (AvgIpc) is 2.71. The summed E-state index contributed by atoms with van der Waals surface area (Å²) in [6, 6.07) is 13.8. The topological polar surface area (TPSA) is 66.5 Å². The number of carbonyl (C=O) groups is 1. The summed E-state index contributed by atoms with van der Waals surface area (Å²) in [5.41, 5.74) is 5.36. The summed E-state index contributed by atoms with van der Waals surface area (Å²) < 4.78 is 27.1. The van der Waals surface area contributed by atoms with Crippen molar-refractivity contribution in [3.63, 3.8) is 0 Å². The molecule has 0 saturated carbocycles. The lowest BCUT2D eigenvalue weighted by molar-refractivity contribution is -0.126. The van der Waals surface area contributed by atoms with Gasteiger partial charge in [0, 0.05) is 19.0 Å². The second kappa shape index (κ2) is 9.31. The highest BCUT2D eigenvalue weighted by Gasteiger charge is 2.31. The van der Waals surface area contributed by atoms with Crippen LogP contribution in [0.5, 0.6) is 0 Å². The standard InChI is InChI=1S/C24H32N2O3S/c1-17-6-9-21(10-7-17)16-30(28,29)26-13-11-22(12-14-26)24(27)25-20(4)23-15-18(2)5-8-19(23)3/h5-10,15,20,22H,11-14,16H2,1-4H3,(H,25,27). The van der Waals surface area contributed by atoms with Crippen molar-refractivity contribution < 1.29 is 13.2 Å². The molecule has 3 rings (SSSR count). The van der Waals surface area contributed by atoms with Gasteiger partial charge in [0.25, 0.3) is 0 Å². The van der Waals surface area contributed by atoms with E-state index in [1.165, 1.54) is 9.87 Å². The van der Waals surface area contributed by atoms with Crippen LogP contribution in [0.3, 0.4) is 0 Å². The number of sulfonamides is 1. The van der Waals surface area contributed by atoms with Crippen LogP contribution in [0, 0.1) is 26.7 Å². The van der Waals surface area contributed by atoms with Gasteiger partial charge in [0.05, 0.1) is 11.8 Å². The second-order valence-corrected chi connectivity index (χ2v) is 10.5. The summed E-state index contributed by atoms with van der Waals surface area (Å²) >= 11 is 0. The molecule has 1 aliphatic heterocycles. The maximum Gasteiger partial charge on any atom is 0.223 e. The van der Waals surface area contributed by atoms with Crippen molar-refractivity contribution in [3.8, 4) is 0 Å². The predicted molar refractivity (Wildman–Crippen MR) is 121 cm³/mol. The van der Waals surface area contributed by atoms with Crippen LogP contribution in [-0.4, -0.2) is 31.7 Å². The molecule has 1 heterocycles. The molecule has 162 valence electrons. The minimum atomic E-state index is -3.37. The van der Waals surface area contributed by atoms with Gasteiger partial charge in [-0.15, -0.1) is 0 Å². The first kappa shape index (κ1) is 22.5. The Hall–Kier alpha value is -2.18. The van der Waals surface area contributed by atoms with E-state index in [2.05, 4.69) is 30.4 Å². The van der Waals surface area contributed by atoms with Gasteiger partial charge in [-0.1, -0.05) is 53.6 Å². The Morgan fingerprint density at radius 1 is 1.03 bits per heavy atom. The number of aryl methyl sites for hydroxylation is 3. The maximum atomic E-state index is 12.8. The van der Waals surface area contributed by atoms with E-state index < -0.39 is 10.0 Å². The Balaban J connectivity index is 1.56. The summed E-state index contributed by atoms with van der Waals surface area (Å²) in [6.07, 6.45) is 1.11. The SMILES string of the molecule is Cc1ccc(CS(=O)(=O)N2CCC(C(=O)NC(C)c3cc(C)ccc3C)CC2)cc1. The summed E-state index contributed by atoms with van der Waals surface area (Å²) in [5.74, 6) is -0.129. The molecule has 5 nitrogen and oxygen atoms in total. The molecule has 1 saturated heterocycles. The Morgan fingerprint density at radius 3 is 2.27 bits per heavy atom. The van der Waals surface area contributed by atoms with Gasteiger partial charge in [-0.05, 0) is 57.2 Å². The van der Waals surface area contributed by atoms with Crippen LogP contribution in [-0.2, 0) is 20.6 Å². The quantitative estimate of drug-likeness (QED) is 0.755. The molecule has 0 aliphatic carbocycles. The van der Waals surface area contributed by atoms with E-state index in [9.17, 15) is 13.2 Å². The van der Waals surface area contributed by atoms with Crippen molar-refractivity contribution >= 4 is 15.9 Å². The molecule has 1 unspecified atom stereocenters. The number of hydrogen-bond donors (Lipinski definition) is 1. The van der Waals surface area contributed by atoms with Crippen LogP contribution in [0.2, 0.25) is 0 Å². The normalized spacial score (nSPS) is 16.9. The number of benzene rings is 2. The van der Waals surface area contributed by atoms with Crippen LogP contribution in [0.4, 0.5) is 0 Å². The molecule has 1 N–H and O–H groups in total. The van der Waals surface area contributed by atoms with Crippen molar-refractivity contribution in [2.24, 2.45) is 5.92 Å². The third-order valence-electron chi connectivity index (χ3n) is 5.95. The Bertz CT molecular complexity index is 992. The molecule has 2 aromatic carbocycles. The monoisotopic (exact) mass is 428 g/mol. The van der Waals surface area contributed by atoms with Crippen molar-refractivity contribution in [2.45, 2.75) is 52.3 Å². The molecule has 0 spiro atoms. The zero-order valence-corrected chi connectivity index (χ0v) is 19.1. The number of rotatable bonds is 6. The zero-order valence-electron chi connectivity index (χ0n) is 18.3. The molecule has 0 aromatic heterocycles. The molecule has 1 atom stereocenters. The summed E-state index contributed by atoms with van der Waals surface area (Å²) in [6.45, 7) is 8.86. The smallest absolute Gasteiger partial charge is 0.223 e. The first-order valence-electron chi connectivity index (χ1n) is 10.6. The van der Waals surface area contributed by atoms with Crippen molar-refractivity contribution in [2.75, 3.05) is 13.1 Å². The Kier molecular flexibility index (Phi) is 6.98. The molecular formula is C24H32N2O3S. The Morgan fingerprint density at radius 2 is 1.63 bits per heavy atom. The van der Waals surface area contributed by atoms with E-state index >= 15 is 0 Å². The van der Waals surface area contributed by atoms with Gasteiger partial charge >= 0.3 is 0 Å². The molecule has 30 heavy (non-hydrogen) atoms. The van der Waals surface area contributed by atoms with Crippen molar-refractivity contribution in [1.82, 2.24) is 9.62 Å². The lowest BCUT2D eigenvalue weighted by atomic mass is 9.95. The van der Waals surface area contributed by atoms with Crippen LogP contribution < -0.4 is 5.32 Å². The van der Waals surface area contributed by atoms with E-state index in [0.29, 0.717) is 25.9 Å². The second-order valence-electron chi connectivity index (χ2n) is 8.51. The van der Waals surface area contributed by atoms with Gasteiger partial charge in [-0.25, -0.2) is 12.7 Å². The van der Waals surface area contributed by atoms with Gasteiger partial charge in [0.2, 0.25) is 15.9 Å². The van der Waals surface area contributed by atoms with E-state index in [0.717, 1.165) is 22.3 Å². The van der Waals surface area contributed by atoms with Crippen LogP contribution in [0.15, 0.2) is 42.5 Å². The zero-order chi connectivity index (χ0) is 21.9. The van der Waals surface area contributed by atoms with Gasteiger partial charge in [0.15, 0.2) is 0 Å². The molecule has 1 aliphatic rings. The summed E-state index contributed by atoms with van der Waals surface area (Å²) in [4.78, 5) is 12.8. The lowest BCUT2D eigenvalue weighted by Gasteiger charge is -2.31. The van der Waals surface area contributed by atoms with Crippen molar-refractivity contribution in [1.29, 1.82) is 0 Å². The molecule has 1 amide bonds. The average molecular weight is 429 g/mol. The minimum Gasteiger partial charge on any atom is -0.349 e. The first-order valence-corrected chi connectivity index (χ1v) is 12.2. The fourth-order valence-corrected chi connectivity index (χ4v) is 5.58. The molecule has 6 heteroatoms. The highest BCUT2D eigenvalue weighted by atomic mass is 32.2. The fourth-order valence-electron chi connectivity index (χ4n) is 4.02. The number of amides is 1. The van der Waals surface area contributed by atoms with Gasteiger partial charge < -0.3 is 5.32 Å². The van der Waals surface area contributed by atoms with E-state index in [1.54, 1.807) is 0 Å². The molecule has 1 fully saturated rings. The van der Waals surface area contributed by atoms with Crippen LogP contribution >= 0.6 is 0 Å². The van der Waals surface area contributed by atoms with Gasteiger partial charge in [0.1, 0.15) is 0 Å². The fraction of sp³-hybridized carbons (Fsp3) is 0.458. The maximum absolute atomic E-state index is 12.8. The lowest BCUT2D eigenvalue weighted by Crippen LogP contribution is -2.43. The summed E-state index contributed by atoms with van der Waals surface area (Å²) in [5, 5.41) is 3.13. The van der Waals surface area contributed by atoms with E-state index in [4.69, 9.17) is 0 Å². The molecule has 0 bridgehead atoms. The number of nitrogens with one attached hydrogen (secondary N) is 1. The van der Waals surface area contributed by atoms with Gasteiger partial charge in [-0.3, -0.25) is 4.79 Å². The summed E-state index contributed by atoms with van der Waals surface area (Å²) in [7, 11) is -3.37. The predicted octanol–water partition coefficient (Wildman–Crippen LogP) is 4.03. The minimum absolute atomic E-state index is 0.00775. The van der Waals surface area contributed by atoms with Crippen LogP contribution in [0.1, 0.15) is 53.6 Å². The highest BCUT2D eigenvalue weighted by Crippen LogP contribution is 2.24. The third kappa shape index (κ3) is 5.49.